The van der Waals surface area contributed by atoms with Gasteiger partial charge in [0.2, 0.25) is 10.8 Å². The Balaban J connectivity index is 1.27. The molecular weight excluding hydrogens is 1120 g/mol. The fourth-order valence-electron chi connectivity index (χ4n) is 9.79. The minimum absolute atomic E-state index is 0.00349. The number of esters is 4. The van der Waals surface area contributed by atoms with E-state index in [-0.39, 0.29) is 113 Å². The summed E-state index contributed by atoms with van der Waals surface area (Å²) in [6.45, 7) is 2.11. The number of fused-ring (bicyclic) bond motifs is 4. The molecule has 1 atom stereocenters. The zero-order valence-corrected chi connectivity index (χ0v) is 46.6. The van der Waals surface area contributed by atoms with Gasteiger partial charge in [0.05, 0.1) is 0 Å². The van der Waals surface area contributed by atoms with E-state index in [1.807, 2.05) is 24.3 Å². The molecule has 82 heavy (non-hydrogen) atoms. The van der Waals surface area contributed by atoms with Crippen LogP contribution in [0.2, 0.25) is 0 Å². The molecule has 0 radical (unpaired) electrons. The number of hydrogen-bond acceptors (Lipinski definition) is 21. The van der Waals surface area contributed by atoms with Gasteiger partial charge in [0, 0.05) is 45.1 Å². The molecule has 4 aromatic carbocycles. The molecule has 1 N–H and O–H groups in total. The van der Waals surface area contributed by atoms with Gasteiger partial charge >= 0.3 is 23.9 Å². The van der Waals surface area contributed by atoms with Crippen molar-refractivity contribution in [3.63, 3.8) is 0 Å². The van der Waals surface area contributed by atoms with Crippen LogP contribution in [-0.4, -0.2) is 74.1 Å². The number of nitriles is 4. The van der Waals surface area contributed by atoms with Crippen LogP contribution in [0, 0.1) is 45.3 Å². The number of thiophene rings is 2. The number of thioether (sulfide) groups is 2. The Hall–Kier alpha value is -9.39. The predicted molar refractivity (Wildman–Crippen MR) is 305 cm³/mol. The van der Waals surface area contributed by atoms with E-state index in [2.05, 4.69) is 0 Å². The van der Waals surface area contributed by atoms with Gasteiger partial charge in [0.1, 0.15) is 75.8 Å². The number of hydrogen-bond donors (Lipinski definition) is 1. The average molecular weight is 1160 g/mol. The Morgan fingerprint density at radius 3 is 1.27 bits per heavy atom. The van der Waals surface area contributed by atoms with Gasteiger partial charge in [-0.3, -0.25) is 28.9 Å². The van der Waals surface area contributed by atoms with E-state index in [9.17, 15) is 30.9 Å². The zero-order chi connectivity index (χ0) is 57.7. The molecule has 6 aromatic rings. The molecule has 1 unspecified atom stereocenters. The van der Waals surface area contributed by atoms with Crippen molar-refractivity contribution < 1.29 is 48.0 Å². The van der Waals surface area contributed by atoms with Crippen molar-refractivity contribution in [1.82, 2.24) is 9.80 Å². The Morgan fingerprint density at radius 2 is 0.915 bits per heavy atom. The van der Waals surface area contributed by atoms with Crippen LogP contribution in [0.3, 0.4) is 0 Å². The molecule has 406 valence electrons. The lowest BCUT2D eigenvalue weighted by atomic mass is 9.76. The molecule has 2 saturated heterocycles. The average Bonchev–Trinajstić information content (AvgIpc) is 1.58. The van der Waals surface area contributed by atoms with Gasteiger partial charge in [-0.25, -0.2) is 9.98 Å². The van der Waals surface area contributed by atoms with Crippen molar-refractivity contribution in [2.45, 2.75) is 57.3 Å². The number of nitrogens with zero attached hydrogens (tertiary/aromatic N) is 8. The first-order valence-corrected chi connectivity index (χ1v) is 28.4. The summed E-state index contributed by atoms with van der Waals surface area (Å²) in [7, 11) is 0. The number of carbonyl (C=O) groups excluding carboxylic acids is 5. The van der Waals surface area contributed by atoms with Crippen LogP contribution in [0.25, 0.3) is 11.1 Å². The molecule has 10 rings (SSSR count). The molecule has 4 aliphatic rings. The van der Waals surface area contributed by atoms with Crippen molar-refractivity contribution in [1.29, 1.82) is 21.0 Å². The maximum absolute atomic E-state index is 16.0. The van der Waals surface area contributed by atoms with E-state index in [1.54, 1.807) is 135 Å². The highest BCUT2D eigenvalue weighted by atomic mass is 32.2. The zero-order valence-electron chi connectivity index (χ0n) is 43.4. The number of ether oxygens (including phenoxy) is 4. The second-order valence-electron chi connectivity index (χ2n) is 18.2. The second-order valence-corrected chi connectivity index (χ2v) is 22.3. The van der Waals surface area contributed by atoms with E-state index < -0.39 is 46.8 Å². The number of aliphatic imine (C=N–C) groups is 2. The quantitative estimate of drug-likeness (QED) is 0.0409. The van der Waals surface area contributed by atoms with E-state index >= 15 is 19.2 Å². The smallest absolute Gasteiger partial charge is 0.333 e. The van der Waals surface area contributed by atoms with Crippen LogP contribution in [0.4, 0.5) is 10.0 Å². The third-order valence-electron chi connectivity index (χ3n) is 13.6. The molecule has 2 aliphatic heterocycles. The summed E-state index contributed by atoms with van der Waals surface area (Å²) in [5.41, 5.74) is -4.56. The molecule has 2 fully saturated rings. The lowest BCUT2D eigenvalue weighted by Gasteiger charge is -2.29. The molecule has 0 bridgehead atoms. The summed E-state index contributed by atoms with van der Waals surface area (Å²) in [4.78, 5) is 90.4. The normalized spacial score (nSPS) is 17.1. The lowest BCUT2D eigenvalue weighted by molar-refractivity contribution is -0.165. The second kappa shape index (κ2) is 23.7. The summed E-state index contributed by atoms with van der Waals surface area (Å²) >= 11 is 3.34. The highest BCUT2D eigenvalue weighted by Gasteiger charge is 2.72. The number of rotatable bonds is 16. The van der Waals surface area contributed by atoms with Gasteiger partial charge in [-0.15, -0.1) is 22.7 Å². The highest BCUT2D eigenvalue weighted by molar-refractivity contribution is 8.19. The number of benzene rings is 4. The minimum Gasteiger partial charge on any atom is -0.459 e. The Labute approximate surface area is 485 Å². The number of aliphatic hydroxyl groups is 1. The van der Waals surface area contributed by atoms with Gasteiger partial charge in [-0.05, 0) is 71.8 Å². The van der Waals surface area contributed by atoms with Gasteiger partial charge in [-0.1, -0.05) is 121 Å². The van der Waals surface area contributed by atoms with Crippen molar-refractivity contribution in [3.8, 4) is 24.3 Å². The van der Waals surface area contributed by atoms with Crippen LogP contribution in [0.5, 0.6) is 0 Å². The van der Waals surface area contributed by atoms with E-state index in [1.165, 1.54) is 21.9 Å². The number of carbonyl (C=O) groups is 5. The largest absolute Gasteiger partial charge is 0.459 e. The van der Waals surface area contributed by atoms with Crippen LogP contribution in [0.15, 0.2) is 165 Å². The molecule has 4 heterocycles. The monoisotopic (exact) mass is 1160 g/mol. The molecular formula is C60H42N8O10S4. The summed E-state index contributed by atoms with van der Waals surface area (Å²) < 4.78 is 25.0. The van der Waals surface area contributed by atoms with Crippen LogP contribution >= 0.6 is 46.2 Å². The summed E-state index contributed by atoms with van der Waals surface area (Å²) in [6.07, 6.45) is -1.46. The molecule has 0 spiro atoms. The fourth-order valence-corrected chi connectivity index (χ4v) is 14.5. The van der Waals surface area contributed by atoms with Crippen LogP contribution in [-0.2, 0) is 80.2 Å². The van der Waals surface area contributed by atoms with E-state index in [4.69, 9.17) is 28.9 Å². The third kappa shape index (κ3) is 9.83. The van der Waals surface area contributed by atoms with Crippen molar-refractivity contribution in [2.75, 3.05) is 13.1 Å². The maximum atomic E-state index is 16.0. The lowest BCUT2D eigenvalue weighted by Crippen LogP contribution is -2.45. The topological polar surface area (TPSA) is 269 Å². The molecule has 18 nitrogen and oxygen atoms in total. The number of aliphatic hydroxyl groups excluding tert-OH is 1. The molecule has 2 aromatic heterocycles. The number of amides is 1. The number of allylic oxidation sites excluding steroid dienone is 2. The Morgan fingerprint density at radius 1 is 0.549 bits per heavy atom. The Bertz CT molecular complexity index is 3800. The predicted octanol–water partition coefficient (Wildman–Crippen LogP) is 9.76. The van der Waals surface area contributed by atoms with E-state index in [0.717, 1.165) is 46.2 Å². The van der Waals surface area contributed by atoms with Crippen molar-refractivity contribution >= 4 is 107 Å². The van der Waals surface area contributed by atoms with Gasteiger partial charge in [-0.2, -0.15) is 21.0 Å². The van der Waals surface area contributed by atoms with Gasteiger partial charge in [0.15, 0.2) is 22.4 Å². The van der Waals surface area contributed by atoms with Crippen molar-refractivity contribution in [3.05, 3.63) is 198 Å². The summed E-state index contributed by atoms with van der Waals surface area (Å²) in [5.74, 6) is -5.39. The van der Waals surface area contributed by atoms with Gasteiger partial charge < -0.3 is 29.0 Å². The van der Waals surface area contributed by atoms with Crippen LogP contribution < -0.4 is 0 Å². The molecule has 2 aliphatic carbocycles. The minimum atomic E-state index is -2.72. The SMILES string of the molecule is CCN1C(=O)C(=Nc2cc3c(s2)C2=C(c4sc(N=C5SC(=C(C#N)C#N)N(CC)C5O)cc4C2(C(=O)OCc2ccccc2)C(=O)OCc2ccccc2)C3(C(=O)OCc2ccccc2)C(=O)OCc2ccccc2)SC1=C(C#N)C#N. The van der Waals surface area contributed by atoms with E-state index in [0.29, 0.717) is 22.3 Å². The standard InChI is InChI=1S/C60H42N8O10S4/c1-3-67-51(69)49(81-53(67)39(27-61)28-62)65-43-25-41-47(79-43)45-46(59(41,55(71)75-31-35-17-9-5-10-18-35)56(72)76-32-36-19-11-6-12-20-36)48-42(26-44(80-48)66-50-52(70)68(4-2)54(82-50)40(29-63)30-64)60(45,57(73)77-33-37-21-13-7-14-22-37)58(74)78-34-38-23-15-8-16-24-38/h5-26,51,69H,3-4,31-34H2,1-2H3. The van der Waals surface area contributed by atoms with Crippen LogP contribution in [0.1, 0.15) is 57.0 Å². The first-order valence-electron chi connectivity index (χ1n) is 25.1. The first-order chi connectivity index (χ1) is 39.9. The molecule has 0 saturated carbocycles. The molecule has 1 amide bonds. The highest BCUT2D eigenvalue weighted by Crippen LogP contribution is 2.69. The van der Waals surface area contributed by atoms with Gasteiger partial charge in [0.25, 0.3) is 5.91 Å². The molecule has 22 heteroatoms. The van der Waals surface area contributed by atoms with Crippen molar-refractivity contribution in [2.24, 2.45) is 9.98 Å². The summed E-state index contributed by atoms with van der Waals surface area (Å²) in [5, 5.41) is 51.3. The Kier molecular flexibility index (Phi) is 16.2. The third-order valence-corrected chi connectivity index (χ3v) is 17.9. The first kappa shape index (κ1) is 55.9. The maximum Gasteiger partial charge on any atom is 0.333 e. The summed E-state index contributed by atoms with van der Waals surface area (Å²) in [6, 6.07) is 44.8. The fraction of sp³-hybridized carbons (Fsp3) is 0.183.